The molecule has 0 radical (unpaired) electrons. The third kappa shape index (κ3) is 3.48. The molecule has 0 aromatic carbocycles. The van der Waals surface area contributed by atoms with Crippen LogP contribution in [-0.2, 0) is 9.53 Å². The lowest BCUT2D eigenvalue weighted by molar-refractivity contribution is -0.131. The van der Waals surface area contributed by atoms with Crippen molar-refractivity contribution in [3.05, 3.63) is 0 Å². The van der Waals surface area contributed by atoms with E-state index in [-0.39, 0.29) is 12.2 Å². The minimum Gasteiger partial charge on any atom is -0.381 e. The smallest absolute Gasteiger partial charge is 0.241 e. The molecule has 110 valence electrons. The molecule has 3 atom stereocenters. The second-order valence-electron chi connectivity index (χ2n) is 6.24. The number of rotatable bonds is 6. The number of hydrogen-bond acceptors (Lipinski definition) is 3. The van der Waals surface area contributed by atoms with Crippen LogP contribution in [0.1, 0.15) is 46.5 Å². The molecule has 2 heterocycles. The van der Waals surface area contributed by atoms with Gasteiger partial charge in [-0.05, 0) is 31.1 Å². The molecule has 2 saturated heterocycles. The fourth-order valence-corrected chi connectivity index (χ4v) is 3.09. The van der Waals surface area contributed by atoms with Gasteiger partial charge in [-0.1, -0.05) is 27.2 Å². The summed E-state index contributed by atoms with van der Waals surface area (Å²) in [4.78, 5) is 14.5. The second kappa shape index (κ2) is 6.71. The van der Waals surface area contributed by atoms with E-state index in [4.69, 9.17) is 4.74 Å². The summed E-state index contributed by atoms with van der Waals surface area (Å²) in [5.41, 5.74) is 0. The van der Waals surface area contributed by atoms with Crippen molar-refractivity contribution < 1.29 is 9.53 Å². The van der Waals surface area contributed by atoms with Crippen LogP contribution >= 0.6 is 0 Å². The van der Waals surface area contributed by atoms with Crippen molar-refractivity contribution in [2.24, 2.45) is 11.8 Å². The molecule has 0 spiro atoms. The average Bonchev–Trinajstić information content (AvgIpc) is 2.96. The summed E-state index contributed by atoms with van der Waals surface area (Å²) in [6.07, 6.45) is 4.64. The van der Waals surface area contributed by atoms with E-state index in [1.54, 1.807) is 0 Å². The molecule has 2 aliphatic rings. The van der Waals surface area contributed by atoms with Crippen LogP contribution in [0.15, 0.2) is 0 Å². The predicted octanol–water partition coefficient (Wildman–Crippen LogP) is 2.00. The van der Waals surface area contributed by atoms with Gasteiger partial charge >= 0.3 is 0 Å². The van der Waals surface area contributed by atoms with Crippen LogP contribution in [-0.4, -0.2) is 42.8 Å². The molecule has 0 aliphatic carbocycles. The Morgan fingerprint density at radius 3 is 2.79 bits per heavy atom. The molecule has 2 aliphatic heterocycles. The summed E-state index contributed by atoms with van der Waals surface area (Å²) in [7, 11) is 0. The Morgan fingerprint density at radius 1 is 1.42 bits per heavy atom. The van der Waals surface area contributed by atoms with Gasteiger partial charge in [0.2, 0.25) is 5.91 Å². The van der Waals surface area contributed by atoms with Gasteiger partial charge in [-0.15, -0.1) is 0 Å². The molecule has 1 amide bonds. The molecule has 19 heavy (non-hydrogen) atoms. The fourth-order valence-electron chi connectivity index (χ4n) is 3.09. The lowest BCUT2D eigenvalue weighted by Gasteiger charge is -2.25. The molecular weight excluding hydrogens is 240 g/mol. The Hall–Kier alpha value is -0.610. The SMILES string of the molecule is CCCC1NC(C(C)C)C(=O)N1CCC1CCOC1. The standard InChI is InChI=1S/C15H28N2O2/c1-4-5-13-16-14(11(2)3)15(18)17(13)8-6-12-7-9-19-10-12/h11-14,16H,4-10H2,1-3H3. The topological polar surface area (TPSA) is 41.6 Å². The Bertz CT molecular complexity index is 301. The van der Waals surface area contributed by atoms with Crippen LogP contribution in [0.4, 0.5) is 0 Å². The van der Waals surface area contributed by atoms with Gasteiger partial charge in [0, 0.05) is 19.8 Å². The summed E-state index contributed by atoms with van der Waals surface area (Å²) in [6.45, 7) is 9.07. The molecule has 4 heteroatoms. The quantitative estimate of drug-likeness (QED) is 0.801. The number of hydrogen-bond donors (Lipinski definition) is 1. The molecular formula is C15H28N2O2. The number of amides is 1. The first-order valence-electron chi connectivity index (χ1n) is 7.77. The van der Waals surface area contributed by atoms with E-state index in [2.05, 4.69) is 31.0 Å². The first-order chi connectivity index (χ1) is 9.13. The maximum Gasteiger partial charge on any atom is 0.241 e. The van der Waals surface area contributed by atoms with Crippen LogP contribution in [0.25, 0.3) is 0 Å². The number of carbonyl (C=O) groups is 1. The van der Waals surface area contributed by atoms with E-state index in [9.17, 15) is 4.79 Å². The fraction of sp³-hybridized carbons (Fsp3) is 0.933. The predicted molar refractivity (Wildman–Crippen MR) is 75.7 cm³/mol. The molecule has 0 aromatic rings. The van der Waals surface area contributed by atoms with Crippen molar-refractivity contribution in [3.63, 3.8) is 0 Å². The van der Waals surface area contributed by atoms with Gasteiger partial charge in [0.1, 0.15) is 0 Å². The van der Waals surface area contributed by atoms with E-state index < -0.39 is 0 Å². The van der Waals surface area contributed by atoms with Gasteiger partial charge < -0.3 is 9.64 Å². The van der Waals surface area contributed by atoms with Gasteiger partial charge in [0.15, 0.2) is 0 Å². The van der Waals surface area contributed by atoms with Gasteiger partial charge in [0.05, 0.1) is 12.2 Å². The van der Waals surface area contributed by atoms with E-state index in [1.165, 1.54) is 0 Å². The second-order valence-corrected chi connectivity index (χ2v) is 6.24. The number of carbonyl (C=O) groups excluding carboxylic acids is 1. The first kappa shape index (κ1) is 14.8. The Labute approximate surface area is 116 Å². The highest BCUT2D eigenvalue weighted by atomic mass is 16.5. The maximum atomic E-state index is 12.5. The Balaban J connectivity index is 1.92. The van der Waals surface area contributed by atoms with Crippen LogP contribution in [0.5, 0.6) is 0 Å². The third-order valence-corrected chi connectivity index (χ3v) is 4.33. The van der Waals surface area contributed by atoms with Crippen LogP contribution in [0, 0.1) is 11.8 Å². The number of nitrogens with zero attached hydrogens (tertiary/aromatic N) is 1. The van der Waals surface area contributed by atoms with Crippen LogP contribution in [0.3, 0.4) is 0 Å². The normalized spacial score (nSPS) is 31.7. The van der Waals surface area contributed by atoms with E-state index >= 15 is 0 Å². The van der Waals surface area contributed by atoms with E-state index in [0.29, 0.717) is 17.7 Å². The summed E-state index contributed by atoms with van der Waals surface area (Å²) < 4.78 is 5.41. The van der Waals surface area contributed by atoms with E-state index in [1.807, 2.05) is 0 Å². The van der Waals surface area contributed by atoms with Gasteiger partial charge in [-0.25, -0.2) is 0 Å². The number of nitrogens with one attached hydrogen (secondary N) is 1. The van der Waals surface area contributed by atoms with Crippen molar-refractivity contribution in [1.82, 2.24) is 10.2 Å². The van der Waals surface area contributed by atoms with Crippen LogP contribution < -0.4 is 5.32 Å². The molecule has 2 fully saturated rings. The average molecular weight is 268 g/mol. The lowest BCUT2D eigenvalue weighted by Crippen LogP contribution is -2.38. The molecule has 0 aromatic heterocycles. The Kier molecular flexibility index (Phi) is 5.22. The third-order valence-electron chi connectivity index (χ3n) is 4.33. The minimum absolute atomic E-state index is 0.0105. The molecule has 0 saturated carbocycles. The summed E-state index contributed by atoms with van der Waals surface area (Å²) in [6, 6.07) is 0.0105. The van der Waals surface area contributed by atoms with E-state index in [0.717, 1.165) is 45.4 Å². The lowest BCUT2D eigenvalue weighted by atomic mass is 10.0. The molecule has 1 N–H and O–H groups in total. The minimum atomic E-state index is 0.0105. The van der Waals surface area contributed by atoms with Gasteiger partial charge in [-0.2, -0.15) is 0 Å². The van der Waals surface area contributed by atoms with Crippen molar-refractivity contribution in [2.45, 2.75) is 58.7 Å². The molecule has 4 nitrogen and oxygen atoms in total. The van der Waals surface area contributed by atoms with Crippen molar-refractivity contribution in [2.75, 3.05) is 19.8 Å². The zero-order valence-electron chi connectivity index (χ0n) is 12.5. The molecule has 2 rings (SSSR count). The highest BCUT2D eigenvalue weighted by Crippen LogP contribution is 2.23. The zero-order valence-corrected chi connectivity index (χ0v) is 12.5. The zero-order chi connectivity index (χ0) is 13.8. The van der Waals surface area contributed by atoms with Crippen molar-refractivity contribution in [1.29, 1.82) is 0 Å². The summed E-state index contributed by atoms with van der Waals surface area (Å²) >= 11 is 0. The van der Waals surface area contributed by atoms with Gasteiger partial charge in [0.25, 0.3) is 0 Å². The monoisotopic (exact) mass is 268 g/mol. The first-order valence-corrected chi connectivity index (χ1v) is 7.77. The molecule has 0 bridgehead atoms. The molecule has 3 unspecified atom stereocenters. The van der Waals surface area contributed by atoms with Crippen molar-refractivity contribution >= 4 is 5.91 Å². The highest BCUT2D eigenvalue weighted by Gasteiger charge is 2.39. The van der Waals surface area contributed by atoms with Crippen molar-refractivity contribution in [3.8, 4) is 0 Å². The largest absolute Gasteiger partial charge is 0.381 e. The Morgan fingerprint density at radius 2 is 2.21 bits per heavy atom. The summed E-state index contributed by atoms with van der Waals surface area (Å²) in [5.74, 6) is 1.31. The highest BCUT2D eigenvalue weighted by molar-refractivity contribution is 5.84. The summed E-state index contributed by atoms with van der Waals surface area (Å²) in [5, 5.41) is 3.51. The van der Waals surface area contributed by atoms with Crippen LogP contribution in [0.2, 0.25) is 0 Å². The van der Waals surface area contributed by atoms with Gasteiger partial charge in [-0.3, -0.25) is 10.1 Å². The number of ether oxygens (including phenoxy) is 1. The maximum absolute atomic E-state index is 12.5.